The molecule has 0 aliphatic heterocycles. The van der Waals surface area contributed by atoms with Crippen molar-refractivity contribution in [3.05, 3.63) is 54.4 Å². The fraction of sp³-hybridized carbons (Fsp3) is 0.353. The van der Waals surface area contributed by atoms with Crippen LogP contribution < -0.4 is 5.32 Å². The van der Waals surface area contributed by atoms with Crippen molar-refractivity contribution in [2.45, 2.75) is 26.3 Å². The molecule has 6 heteroatoms. The molecule has 0 saturated heterocycles. The van der Waals surface area contributed by atoms with E-state index in [9.17, 15) is 9.59 Å². The van der Waals surface area contributed by atoms with Gasteiger partial charge in [-0.05, 0) is 31.9 Å². The van der Waals surface area contributed by atoms with Crippen molar-refractivity contribution in [1.82, 2.24) is 15.1 Å². The smallest absolute Gasteiger partial charge is 0.309 e. The van der Waals surface area contributed by atoms with Crippen LogP contribution in [-0.4, -0.2) is 33.3 Å². The summed E-state index contributed by atoms with van der Waals surface area (Å²) in [5.74, 6) is -1.08. The number of aliphatic carboxylic acids is 1. The quantitative estimate of drug-likeness (QED) is 0.819. The highest BCUT2D eigenvalue weighted by Crippen LogP contribution is 2.21. The molecule has 1 aromatic heterocycles. The van der Waals surface area contributed by atoms with Gasteiger partial charge in [-0.2, -0.15) is 5.10 Å². The Morgan fingerprint density at radius 1 is 1.26 bits per heavy atom. The first kappa shape index (κ1) is 16.7. The highest BCUT2D eigenvalue weighted by molar-refractivity contribution is 5.83. The van der Waals surface area contributed by atoms with Crippen molar-refractivity contribution >= 4 is 11.9 Å². The second-order valence-electron chi connectivity index (χ2n) is 6.03. The molecule has 1 aromatic carbocycles. The van der Waals surface area contributed by atoms with Gasteiger partial charge in [-0.25, -0.2) is 0 Å². The molecule has 1 amide bonds. The Morgan fingerprint density at radius 3 is 2.52 bits per heavy atom. The van der Waals surface area contributed by atoms with Gasteiger partial charge in [0.05, 0.1) is 5.41 Å². The number of carboxylic acid groups (broad SMARTS) is 1. The predicted octanol–water partition coefficient (Wildman–Crippen LogP) is 2.09. The van der Waals surface area contributed by atoms with Gasteiger partial charge < -0.3 is 10.4 Å². The average molecular weight is 315 g/mol. The maximum Gasteiger partial charge on any atom is 0.309 e. The lowest BCUT2D eigenvalue weighted by Crippen LogP contribution is -2.37. The molecule has 2 N–H and O–H groups in total. The summed E-state index contributed by atoms with van der Waals surface area (Å²) in [6.07, 6.45) is 3.71. The van der Waals surface area contributed by atoms with Crippen LogP contribution in [0.1, 0.15) is 31.9 Å². The van der Waals surface area contributed by atoms with Crippen molar-refractivity contribution < 1.29 is 14.7 Å². The fourth-order valence-corrected chi connectivity index (χ4v) is 2.19. The van der Waals surface area contributed by atoms with E-state index in [4.69, 9.17) is 5.11 Å². The normalized spacial score (nSPS) is 12.6. The van der Waals surface area contributed by atoms with Crippen LogP contribution in [0.2, 0.25) is 0 Å². The molecular formula is C17H21N3O3. The molecule has 0 aliphatic rings. The van der Waals surface area contributed by atoms with Crippen molar-refractivity contribution in [2.75, 3.05) is 6.54 Å². The zero-order chi connectivity index (χ0) is 16.9. The van der Waals surface area contributed by atoms with Gasteiger partial charge in [0.15, 0.2) is 6.04 Å². The molecule has 0 saturated carbocycles. The topological polar surface area (TPSA) is 84.2 Å². The van der Waals surface area contributed by atoms with Gasteiger partial charge in [0.1, 0.15) is 0 Å². The number of nitrogens with one attached hydrogen (secondary N) is 1. The number of carbonyl (C=O) groups is 2. The van der Waals surface area contributed by atoms with E-state index in [-0.39, 0.29) is 5.91 Å². The van der Waals surface area contributed by atoms with Crippen molar-refractivity contribution in [3.8, 4) is 0 Å². The Hall–Kier alpha value is -2.63. The highest BCUT2D eigenvalue weighted by Gasteiger charge is 2.28. The maximum absolute atomic E-state index is 12.6. The number of hydrogen-bond donors (Lipinski definition) is 2. The van der Waals surface area contributed by atoms with Crippen molar-refractivity contribution in [2.24, 2.45) is 5.41 Å². The second kappa shape index (κ2) is 7.09. The molecule has 6 nitrogen and oxygen atoms in total. The summed E-state index contributed by atoms with van der Waals surface area (Å²) in [7, 11) is 0. The third-order valence-corrected chi connectivity index (χ3v) is 3.78. The highest BCUT2D eigenvalue weighted by atomic mass is 16.4. The van der Waals surface area contributed by atoms with E-state index in [1.165, 1.54) is 0 Å². The second-order valence-corrected chi connectivity index (χ2v) is 6.03. The van der Waals surface area contributed by atoms with E-state index < -0.39 is 17.4 Å². The lowest BCUT2D eigenvalue weighted by Gasteiger charge is -2.21. The molecule has 1 heterocycles. The van der Waals surface area contributed by atoms with E-state index >= 15 is 0 Å². The predicted molar refractivity (Wildman–Crippen MR) is 85.9 cm³/mol. The first-order valence-corrected chi connectivity index (χ1v) is 7.47. The number of amides is 1. The first-order valence-electron chi connectivity index (χ1n) is 7.47. The molecule has 1 unspecified atom stereocenters. The standard InChI is InChI=1S/C17H21N3O3/c1-17(2,16(22)23)9-11-18-15(21)14(20-12-6-10-19-20)13-7-4-3-5-8-13/h3-8,10,12,14H,9,11H2,1-2H3,(H,18,21)(H,22,23). The van der Waals surface area contributed by atoms with Crippen LogP contribution in [0.5, 0.6) is 0 Å². The number of nitrogens with zero attached hydrogens (tertiary/aromatic N) is 2. The summed E-state index contributed by atoms with van der Waals surface area (Å²) in [6.45, 7) is 3.58. The number of carbonyl (C=O) groups excluding carboxylic acids is 1. The van der Waals surface area contributed by atoms with Gasteiger partial charge >= 0.3 is 5.97 Å². The van der Waals surface area contributed by atoms with Gasteiger partial charge in [-0.15, -0.1) is 0 Å². The van der Waals surface area contributed by atoms with E-state index in [1.54, 1.807) is 37.0 Å². The number of benzene rings is 1. The van der Waals surface area contributed by atoms with Gasteiger partial charge in [0.25, 0.3) is 0 Å². The van der Waals surface area contributed by atoms with Crippen LogP contribution in [0.4, 0.5) is 0 Å². The largest absolute Gasteiger partial charge is 0.481 e. The van der Waals surface area contributed by atoms with Crippen LogP contribution >= 0.6 is 0 Å². The maximum atomic E-state index is 12.6. The lowest BCUT2D eigenvalue weighted by atomic mass is 9.89. The Bertz CT molecular complexity index is 651. The molecule has 1 atom stereocenters. The summed E-state index contributed by atoms with van der Waals surface area (Å²) in [4.78, 5) is 23.7. The van der Waals surface area contributed by atoms with Gasteiger partial charge in [0.2, 0.25) is 5.91 Å². The van der Waals surface area contributed by atoms with Crippen molar-refractivity contribution in [1.29, 1.82) is 0 Å². The minimum absolute atomic E-state index is 0.207. The zero-order valence-corrected chi connectivity index (χ0v) is 13.3. The number of hydrogen-bond acceptors (Lipinski definition) is 3. The molecule has 0 fully saturated rings. The third-order valence-electron chi connectivity index (χ3n) is 3.78. The van der Waals surface area contributed by atoms with Gasteiger partial charge in [-0.1, -0.05) is 30.3 Å². The molecule has 23 heavy (non-hydrogen) atoms. The number of carboxylic acids is 1. The Kier molecular flexibility index (Phi) is 5.16. The average Bonchev–Trinajstić information content (AvgIpc) is 3.02. The van der Waals surface area contributed by atoms with Crippen LogP contribution in [-0.2, 0) is 9.59 Å². The monoisotopic (exact) mass is 315 g/mol. The Labute approximate surface area is 135 Å². The molecule has 2 rings (SSSR count). The molecule has 122 valence electrons. The number of rotatable bonds is 7. The molecular weight excluding hydrogens is 294 g/mol. The van der Waals surface area contributed by atoms with Gasteiger partial charge in [-0.3, -0.25) is 14.3 Å². The molecule has 0 radical (unpaired) electrons. The summed E-state index contributed by atoms with van der Waals surface area (Å²) in [5.41, 5.74) is -0.0486. The van der Waals surface area contributed by atoms with E-state index in [0.29, 0.717) is 13.0 Å². The van der Waals surface area contributed by atoms with Crippen LogP contribution in [0.15, 0.2) is 48.8 Å². The summed E-state index contributed by atoms with van der Waals surface area (Å²) in [6, 6.07) is 10.5. The molecule has 0 spiro atoms. The van der Waals surface area contributed by atoms with E-state index in [1.807, 2.05) is 30.3 Å². The minimum Gasteiger partial charge on any atom is -0.481 e. The zero-order valence-electron chi connectivity index (χ0n) is 13.3. The third kappa shape index (κ3) is 4.18. The van der Waals surface area contributed by atoms with Gasteiger partial charge in [0, 0.05) is 18.9 Å². The molecule has 0 aliphatic carbocycles. The summed E-state index contributed by atoms with van der Waals surface area (Å²) < 4.78 is 1.59. The summed E-state index contributed by atoms with van der Waals surface area (Å²) in [5, 5.41) is 16.1. The van der Waals surface area contributed by atoms with Crippen LogP contribution in [0.25, 0.3) is 0 Å². The molecule has 0 bridgehead atoms. The first-order chi connectivity index (χ1) is 10.9. The Morgan fingerprint density at radius 2 is 1.96 bits per heavy atom. The van der Waals surface area contributed by atoms with E-state index in [0.717, 1.165) is 5.56 Å². The number of aromatic nitrogens is 2. The van der Waals surface area contributed by atoms with E-state index in [2.05, 4.69) is 10.4 Å². The molecule has 2 aromatic rings. The SMILES string of the molecule is CC(C)(CCNC(=O)C(c1ccccc1)n1cccn1)C(=O)O. The van der Waals surface area contributed by atoms with Crippen LogP contribution in [0.3, 0.4) is 0 Å². The lowest BCUT2D eigenvalue weighted by molar-refractivity contribution is -0.147. The summed E-state index contributed by atoms with van der Waals surface area (Å²) >= 11 is 0. The minimum atomic E-state index is -0.876. The van der Waals surface area contributed by atoms with Crippen LogP contribution in [0, 0.1) is 5.41 Å². The van der Waals surface area contributed by atoms with Crippen molar-refractivity contribution in [3.63, 3.8) is 0 Å². The fourth-order valence-electron chi connectivity index (χ4n) is 2.19. The Balaban J connectivity index is 2.08.